The lowest BCUT2D eigenvalue weighted by Crippen LogP contribution is -2.38. The van der Waals surface area contributed by atoms with Crippen molar-refractivity contribution in [1.29, 1.82) is 0 Å². The maximum absolute atomic E-state index is 14.2. The van der Waals surface area contributed by atoms with Crippen LogP contribution in [0.5, 0.6) is 0 Å². The third-order valence-corrected chi connectivity index (χ3v) is 7.03. The summed E-state index contributed by atoms with van der Waals surface area (Å²) in [6.45, 7) is 1.33. The monoisotopic (exact) mass is 492 g/mol. The highest BCUT2D eigenvalue weighted by Gasteiger charge is 2.30. The fourth-order valence-corrected chi connectivity index (χ4v) is 5.29. The van der Waals surface area contributed by atoms with Crippen LogP contribution in [-0.2, 0) is 6.42 Å². The first-order chi connectivity index (χ1) is 17.4. The number of piperidine rings is 1. The molecule has 1 aromatic carbocycles. The lowest BCUT2D eigenvalue weighted by Gasteiger charge is -2.33. The van der Waals surface area contributed by atoms with E-state index in [0.717, 1.165) is 11.6 Å². The molecule has 0 bridgehead atoms. The van der Waals surface area contributed by atoms with E-state index in [1.807, 2.05) is 11.0 Å². The Morgan fingerprint density at radius 3 is 2.64 bits per heavy atom. The number of fused-ring (bicyclic) bond motifs is 2. The number of carbonyl (C=O) groups excluding carboxylic acids is 1. The molecule has 3 aromatic heterocycles. The van der Waals surface area contributed by atoms with Gasteiger partial charge in [-0.05, 0) is 49.6 Å². The summed E-state index contributed by atoms with van der Waals surface area (Å²) in [5.74, 6) is -1.83. The number of aromatic amines is 2. The van der Waals surface area contributed by atoms with Gasteiger partial charge in [0.25, 0.3) is 5.91 Å². The van der Waals surface area contributed by atoms with Crippen molar-refractivity contribution in [2.45, 2.75) is 25.3 Å². The Hall–Kier alpha value is -4.28. The number of halogens is 2. The molecule has 1 amide bonds. The summed E-state index contributed by atoms with van der Waals surface area (Å²) in [6.07, 6.45) is 3.15. The van der Waals surface area contributed by atoms with Crippen molar-refractivity contribution in [2.24, 2.45) is 0 Å². The number of hydrogen-bond donors (Lipinski definition) is 2. The predicted molar refractivity (Wildman–Crippen MR) is 130 cm³/mol. The van der Waals surface area contributed by atoms with Gasteiger partial charge in [-0.3, -0.25) is 19.1 Å². The molecule has 2 N–H and O–H groups in total. The summed E-state index contributed by atoms with van der Waals surface area (Å²) in [5.41, 5.74) is 1.33. The van der Waals surface area contributed by atoms with Crippen molar-refractivity contribution in [2.75, 3.05) is 29.4 Å². The van der Waals surface area contributed by atoms with Gasteiger partial charge in [0.05, 0.1) is 11.2 Å². The van der Waals surface area contributed by atoms with Gasteiger partial charge in [0.2, 0.25) is 5.56 Å². The van der Waals surface area contributed by atoms with Crippen molar-refractivity contribution in [3.63, 3.8) is 0 Å². The highest BCUT2D eigenvalue weighted by Crippen LogP contribution is 2.33. The molecule has 0 atom stereocenters. The van der Waals surface area contributed by atoms with Crippen LogP contribution in [0.1, 0.15) is 34.8 Å². The summed E-state index contributed by atoms with van der Waals surface area (Å²) in [5, 5.41) is 0. The zero-order valence-corrected chi connectivity index (χ0v) is 19.1. The maximum Gasteiger partial charge on any atom is 0.327 e. The van der Waals surface area contributed by atoms with Gasteiger partial charge in [0.15, 0.2) is 17.3 Å². The lowest BCUT2D eigenvalue weighted by molar-refractivity contribution is 0.0989. The Balaban J connectivity index is 1.23. The second-order valence-electron chi connectivity index (χ2n) is 9.07. The van der Waals surface area contributed by atoms with Gasteiger partial charge in [0.1, 0.15) is 5.82 Å². The van der Waals surface area contributed by atoms with Crippen LogP contribution in [-0.4, -0.2) is 45.1 Å². The molecule has 0 unspecified atom stereocenters. The van der Waals surface area contributed by atoms with Crippen molar-refractivity contribution in [3.05, 3.63) is 86.2 Å². The maximum atomic E-state index is 14.2. The molecule has 0 spiro atoms. The summed E-state index contributed by atoms with van der Waals surface area (Å²) in [4.78, 5) is 51.4. The van der Waals surface area contributed by atoms with E-state index >= 15 is 0 Å². The molecular formula is C25H22F2N6O3. The second-order valence-corrected chi connectivity index (χ2v) is 9.07. The Morgan fingerprint density at radius 1 is 1.03 bits per heavy atom. The van der Waals surface area contributed by atoms with E-state index < -0.39 is 23.1 Å². The first-order valence-electron chi connectivity index (χ1n) is 11.7. The molecule has 0 radical (unpaired) electrons. The molecule has 9 nitrogen and oxygen atoms in total. The van der Waals surface area contributed by atoms with E-state index in [2.05, 4.69) is 15.0 Å². The molecular weight excluding hydrogens is 470 g/mol. The number of hydrogen-bond acceptors (Lipinski definition) is 5. The predicted octanol–water partition coefficient (Wildman–Crippen LogP) is 2.74. The van der Waals surface area contributed by atoms with Crippen LogP contribution in [0.15, 0.2) is 52.2 Å². The standard InChI is InChI=1S/C25H22F2N6O3/c26-17-3-4-18-16(22(17)27)7-11-32(18)24(35)14-12-20(29-21(34)13-14)31-9-5-15(6-10-31)33-19-2-1-8-28-23(19)30-25(33)36/h1-4,8,12-13,15H,5-7,9-11H2,(H,29,34)(H,28,30,36). The van der Waals surface area contributed by atoms with Crippen molar-refractivity contribution < 1.29 is 13.6 Å². The van der Waals surface area contributed by atoms with Crippen molar-refractivity contribution in [3.8, 4) is 0 Å². The summed E-state index contributed by atoms with van der Waals surface area (Å²) < 4.78 is 29.5. The summed E-state index contributed by atoms with van der Waals surface area (Å²) >= 11 is 0. The molecule has 2 aliphatic rings. The zero-order valence-electron chi connectivity index (χ0n) is 19.1. The van der Waals surface area contributed by atoms with Crippen LogP contribution >= 0.6 is 0 Å². The van der Waals surface area contributed by atoms with Gasteiger partial charge in [-0.15, -0.1) is 0 Å². The quantitative estimate of drug-likeness (QED) is 0.458. The molecule has 1 fully saturated rings. The molecule has 184 valence electrons. The van der Waals surface area contributed by atoms with Crippen molar-refractivity contribution in [1.82, 2.24) is 19.5 Å². The summed E-state index contributed by atoms with van der Waals surface area (Å²) in [7, 11) is 0. The number of benzene rings is 1. The van der Waals surface area contributed by atoms with Crippen LogP contribution in [0.25, 0.3) is 11.2 Å². The van der Waals surface area contributed by atoms with Crippen molar-refractivity contribution >= 4 is 28.6 Å². The molecule has 11 heteroatoms. The van der Waals surface area contributed by atoms with Crippen LogP contribution in [0, 0.1) is 11.6 Å². The number of H-pyrrole nitrogens is 2. The van der Waals surface area contributed by atoms with Gasteiger partial charge < -0.3 is 14.8 Å². The minimum Gasteiger partial charge on any atom is -0.358 e. The van der Waals surface area contributed by atoms with E-state index in [4.69, 9.17) is 0 Å². The number of nitrogens with zero attached hydrogens (tertiary/aromatic N) is 4. The SMILES string of the molecule is O=C(c1cc(N2CCC(n3c(=O)[nH]c4ncccc43)CC2)[nH]c(=O)c1)N1CCc2c1ccc(F)c2F. The Labute approximate surface area is 203 Å². The number of nitrogens with one attached hydrogen (secondary N) is 2. The van der Waals surface area contributed by atoms with E-state index in [-0.39, 0.29) is 35.8 Å². The number of rotatable bonds is 3. The molecule has 4 aromatic rings. The fraction of sp³-hybridized carbons (Fsp3) is 0.280. The lowest BCUT2D eigenvalue weighted by atomic mass is 10.0. The number of aromatic nitrogens is 4. The normalized spacial score (nSPS) is 16.1. The molecule has 5 heterocycles. The van der Waals surface area contributed by atoms with E-state index in [1.165, 1.54) is 17.0 Å². The molecule has 0 aliphatic carbocycles. The number of pyridine rings is 2. The fourth-order valence-electron chi connectivity index (χ4n) is 5.29. The van der Waals surface area contributed by atoms with E-state index in [9.17, 15) is 23.2 Å². The van der Waals surface area contributed by atoms with Gasteiger partial charge in [-0.2, -0.15) is 0 Å². The average Bonchev–Trinajstić information content (AvgIpc) is 3.46. The first kappa shape index (κ1) is 22.2. The molecule has 6 rings (SSSR count). The number of anilines is 2. The molecule has 0 saturated carbocycles. The minimum atomic E-state index is -0.948. The molecule has 2 aliphatic heterocycles. The number of imidazole rings is 1. The largest absolute Gasteiger partial charge is 0.358 e. The van der Waals surface area contributed by atoms with Gasteiger partial charge in [0, 0.05) is 49.1 Å². The zero-order chi connectivity index (χ0) is 25.0. The van der Waals surface area contributed by atoms with E-state index in [0.29, 0.717) is 43.1 Å². The van der Waals surface area contributed by atoms with Crippen LogP contribution in [0.3, 0.4) is 0 Å². The van der Waals surface area contributed by atoms with E-state index in [1.54, 1.807) is 22.9 Å². The molecule has 36 heavy (non-hydrogen) atoms. The summed E-state index contributed by atoms with van der Waals surface area (Å²) in [6, 6.07) is 8.84. The Kier molecular flexibility index (Phi) is 5.20. The number of amides is 1. The second kappa shape index (κ2) is 8.43. The average molecular weight is 492 g/mol. The Morgan fingerprint density at radius 2 is 1.83 bits per heavy atom. The smallest absolute Gasteiger partial charge is 0.327 e. The minimum absolute atomic E-state index is 0.0281. The number of carbonyl (C=O) groups is 1. The van der Waals surface area contributed by atoms with Crippen LogP contribution < -0.4 is 21.0 Å². The highest BCUT2D eigenvalue weighted by molar-refractivity contribution is 6.07. The molecule has 1 saturated heterocycles. The third kappa shape index (κ3) is 3.58. The Bertz CT molecular complexity index is 1620. The van der Waals surface area contributed by atoms with Crippen LogP contribution in [0.2, 0.25) is 0 Å². The topological polar surface area (TPSA) is 107 Å². The van der Waals surface area contributed by atoms with Gasteiger partial charge in [-0.1, -0.05) is 0 Å². The van der Waals surface area contributed by atoms with Gasteiger partial charge in [-0.25, -0.2) is 18.6 Å². The third-order valence-electron chi connectivity index (χ3n) is 7.03. The highest BCUT2D eigenvalue weighted by atomic mass is 19.2. The van der Waals surface area contributed by atoms with Crippen LogP contribution in [0.4, 0.5) is 20.3 Å². The van der Waals surface area contributed by atoms with Gasteiger partial charge >= 0.3 is 5.69 Å². The first-order valence-corrected chi connectivity index (χ1v) is 11.7.